The van der Waals surface area contributed by atoms with Crippen LogP contribution >= 0.6 is 11.6 Å². The van der Waals surface area contributed by atoms with Crippen molar-refractivity contribution < 1.29 is 4.92 Å². The first-order chi connectivity index (χ1) is 7.97. The Kier molecular flexibility index (Phi) is 4.75. The molecule has 94 valence electrons. The summed E-state index contributed by atoms with van der Waals surface area (Å²) in [5.74, 6) is 0.385. The molecule has 0 heterocycles. The Morgan fingerprint density at radius 3 is 2.59 bits per heavy atom. The van der Waals surface area contributed by atoms with Crippen LogP contribution in [0.1, 0.15) is 27.2 Å². The molecule has 0 aromatic heterocycles. The van der Waals surface area contributed by atoms with Crippen molar-refractivity contribution in [3.63, 3.8) is 0 Å². The van der Waals surface area contributed by atoms with E-state index >= 15 is 0 Å². The number of hydrogen-bond donors (Lipinski definition) is 1. The molecule has 0 saturated heterocycles. The first kappa shape index (κ1) is 13.8. The van der Waals surface area contributed by atoms with Gasteiger partial charge in [0.1, 0.15) is 5.69 Å². The first-order valence-electron chi connectivity index (χ1n) is 5.66. The standard InChI is InChI=1S/C12H17ClN2O2/c1-4-10(8(2)3)14-12-9(13)6-5-7-11(12)15(16)17/h5-8,10,14H,4H2,1-3H3. The Morgan fingerprint density at radius 1 is 1.47 bits per heavy atom. The molecular weight excluding hydrogens is 240 g/mol. The van der Waals surface area contributed by atoms with E-state index in [2.05, 4.69) is 19.2 Å². The number of hydrogen-bond acceptors (Lipinski definition) is 3. The average molecular weight is 257 g/mol. The van der Waals surface area contributed by atoms with E-state index in [4.69, 9.17) is 11.6 Å². The van der Waals surface area contributed by atoms with E-state index in [1.807, 2.05) is 6.92 Å². The van der Waals surface area contributed by atoms with Crippen LogP contribution in [-0.2, 0) is 0 Å². The van der Waals surface area contributed by atoms with Gasteiger partial charge in [0.25, 0.3) is 5.69 Å². The Hall–Kier alpha value is -1.29. The molecule has 4 nitrogen and oxygen atoms in total. The van der Waals surface area contributed by atoms with Crippen molar-refractivity contribution >= 4 is 23.0 Å². The van der Waals surface area contributed by atoms with E-state index in [1.165, 1.54) is 6.07 Å². The SMILES string of the molecule is CCC(Nc1c(Cl)cccc1[N+](=O)[O-])C(C)C. The van der Waals surface area contributed by atoms with Crippen LogP contribution in [0, 0.1) is 16.0 Å². The van der Waals surface area contributed by atoms with Gasteiger partial charge in [-0.2, -0.15) is 0 Å². The fourth-order valence-electron chi connectivity index (χ4n) is 1.73. The molecule has 17 heavy (non-hydrogen) atoms. The summed E-state index contributed by atoms with van der Waals surface area (Å²) < 4.78 is 0. The van der Waals surface area contributed by atoms with Gasteiger partial charge in [-0.15, -0.1) is 0 Å². The zero-order valence-corrected chi connectivity index (χ0v) is 11.0. The minimum Gasteiger partial charge on any atom is -0.375 e. The quantitative estimate of drug-likeness (QED) is 0.638. The molecule has 0 fully saturated rings. The van der Waals surface area contributed by atoms with E-state index in [-0.39, 0.29) is 11.7 Å². The molecule has 0 amide bonds. The van der Waals surface area contributed by atoms with Crippen molar-refractivity contribution in [2.24, 2.45) is 5.92 Å². The molecule has 0 spiro atoms. The van der Waals surface area contributed by atoms with Gasteiger partial charge in [0.05, 0.1) is 9.95 Å². The van der Waals surface area contributed by atoms with Crippen LogP contribution in [0.4, 0.5) is 11.4 Å². The number of benzene rings is 1. The molecule has 5 heteroatoms. The molecule has 0 bridgehead atoms. The van der Waals surface area contributed by atoms with Crippen molar-refractivity contribution in [1.82, 2.24) is 0 Å². The lowest BCUT2D eigenvalue weighted by molar-refractivity contribution is -0.384. The fraction of sp³-hybridized carbons (Fsp3) is 0.500. The molecule has 1 rings (SSSR count). The van der Waals surface area contributed by atoms with Gasteiger partial charge < -0.3 is 5.32 Å². The number of anilines is 1. The number of halogens is 1. The van der Waals surface area contributed by atoms with E-state index in [0.717, 1.165) is 6.42 Å². The summed E-state index contributed by atoms with van der Waals surface area (Å²) in [5.41, 5.74) is 0.441. The number of nitrogens with zero attached hydrogens (tertiary/aromatic N) is 1. The molecular formula is C12H17ClN2O2. The monoisotopic (exact) mass is 256 g/mol. The summed E-state index contributed by atoms with van der Waals surface area (Å²) in [6, 6.07) is 4.88. The molecule has 0 aliphatic rings. The molecule has 1 unspecified atom stereocenters. The van der Waals surface area contributed by atoms with E-state index < -0.39 is 4.92 Å². The third kappa shape index (κ3) is 3.33. The third-order valence-electron chi connectivity index (χ3n) is 2.76. The minimum absolute atomic E-state index is 0.0246. The number of nitro groups is 1. The van der Waals surface area contributed by atoms with Gasteiger partial charge in [0.15, 0.2) is 0 Å². The Balaban J connectivity index is 3.07. The van der Waals surface area contributed by atoms with Gasteiger partial charge in [-0.3, -0.25) is 10.1 Å². The zero-order valence-electron chi connectivity index (χ0n) is 10.2. The highest BCUT2D eigenvalue weighted by molar-refractivity contribution is 6.33. The highest BCUT2D eigenvalue weighted by Crippen LogP contribution is 2.33. The van der Waals surface area contributed by atoms with E-state index in [9.17, 15) is 10.1 Å². The molecule has 0 radical (unpaired) electrons. The second-order valence-electron chi connectivity index (χ2n) is 4.29. The number of rotatable bonds is 5. The summed E-state index contributed by atoms with van der Waals surface area (Å²) in [4.78, 5) is 10.5. The fourth-order valence-corrected chi connectivity index (χ4v) is 1.96. The largest absolute Gasteiger partial charge is 0.375 e. The normalized spacial score (nSPS) is 12.5. The Morgan fingerprint density at radius 2 is 2.12 bits per heavy atom. The predicted octanol–water partition coefficient (Wildman–Crippen LogP) is 4.09. The van der Waals surface area contributed by atoms with E-state index in [0.29, 0.717) is 16.6 Å². The van der Waals surface area contributed by atoms with Crippen molar-refractivity contribution in [3.8, 4) is 0 Å². The number of nitro benzene ring substituents is 1. The van der Waals surface area contributed by atoms with Crippen LogP contribution in [0.15, 0.2) is 18.2 Å². The number of para-hydroxylation sites is 1. The van der Waals surface area contributed by atoms with Crippen LogP contribution in [0.3, 0.4) is 0 Å². The maximum Gasteiger partial charge on any atom is 0.293 e. The van der Waals surface area contributed by atoms with Crippen molar-refractivity contribution in [3.05, 3.63) is 33.3 Å². The van der Waals surface area contributed by atoms with Crippen LogP contribution in [0.2, 0.25) is 5.02 Å². The van der Waals surface area contributed by atoms with Gasteiger partial charge in [-0.05, 0) is 18.4 Å². The van der Waals surface area contributed by atoms with Gasteiger partial charge in [-0.1, -0.05) is 38.4 Å². The summed E-state index contributed by atoms with van der Waals surface area (Å²) in [6.07, 6.45) is 0.889. The third-order valence-corrected chi connectivity index (χ3v) is 3.08. The van der Waals surface area contributed by atoms with Gasteiger partial charge in [0, 0.05) is 12.1 Å². The van der Waals surface area contributed by atoms with Crippen molar-refractivity contribution in [1.29, 1.82) is 0 Å². The van der Waals surface area contributed by atoms with Crippen molar-refractivity contribution in [2.45, 2.75) is 33.2 Å². The molecule has 0 aliphatic carbocycles. The first-order valence-corrected chi connectivity index (χ1v) is 6.04. The van der Waals surface area contributed by atoms with Crippen molar-refractivity contribution in [2.75, 3.05) is 5.32 Å². The number of nitrogens with one attached hydrogen (secondary N) is 1. The lowest BCUT2D eigenvalue weighted by Gasteiger charge is -2.22. The topological polar surface area (TPSA) is 55.2 Å². The second-order valence-corrected chi connectivity index (χ2v) is 4.70. The highest BCUT2D eigenvalue weighted by atomic mass is 35.5. The molecule has 0 saturated carbocycles. The second kappa shape index (κ2) is 5.87. The predicted molar refractivity (Wildman–Crippen MR) is 70.6 cm³/mol. The summed E-state index contributed by atoms with van der Waals surface area (Å²) in [7, 11) is 0. The van der Waals surface area contributed by atoms with Crippen LogP contribution in [-0.4, -0.2) is 11.0 Å². The molecule has 0 aliphatic heterocycles. The van der Waals surface area contributed by atoms with Crippen LogP contribution < -0.4 is 5.32 Å². The summed E-state index contributed by atoms with van der Waals surface area (Å²) in [5, 5.41) is 14.5. The molecule has 1 aromatic rings. The van der Waals surface area contributed by atoms with Gasteiger partial charge in [0.2, 0.25) is 0 Å². The maximum atomic E-state index is 10.9. The summed E-state index contributed by atoms with van der Waals surface area (Å²) in [6.45, 7) is 6.19. The van der Waals surface area contributed by atoms with Gasteiger partial charge >= 0.3 is 0 Å². The zero-order chi connectivity index (χ0) is 13.0. The smallest absolute Gasteiger partial charge is 0.293 e. The molecule has 1 N–H and O–H groups in total. The average Bonchev–Trinajstić information content (AvgIpc) is 2.26. The molecule has 1 aromatic carbocycles. The maximum absolute atomic E-state index is 10.9. The Bertz CT molecular complexity index is 407. The lowest BCUT2D eigenvalue weighted by Crippen LogP contribution is -2.25. The Labute approximate surface area is 106 Å². The lowest BCUT2D eigenvalue weighted by atomic mass is 10.0. The van der Waals surface area contributed by atoms with Crippen LogP contribution in [0.25, 0.3) is 0 Å². The van der Waals surface area contributed by atoms with E-state index in [1.54, 1.807) is 12.1 Å². The summed E-state index contributed by atoms with van der Waals surface area (Å²) >= 11 is 6.01. The highest BCUT2D eigenvalue weighted by Gasteiger charge is 2.20. The van der Waals surface area contributed by atoms with Gasteiger partial charge in [-0.25, -0.2) is 0 Å². The molecule has 1 atom stereocenters. The van der Waals surface area contributed by atoms with Crippen LogP contribution in [0.5, 0.6) is 0 Å². The minimum atomic E-state index is -0.415.